The first-order valence-electron chi connectivity index (χ1n) is 8.83. The van der Waals surface area contributed by atoms with Crippen molar-refractivity contribution in [3.8, 4) is 5.75 Å². The first kappa shape index (κ1) is 18.4. The number of unbranched alkanes of at least 4 members (excludes halogenated alkanes) is 1. The highest BCUT2D eigenvalue weighted by atomic mass is 16.5. The number of ether oxygens (including phenoxy) is 1. The van der Waals surface area contributed by atoms with E-state index in [2.05, 4.69) is 17.2 Å². The molecule has 0 aliphatic rings. The molecular weight excluding hydrogens is 346 g/mol. The van der Waals surface area contributed by atoms with E-state index >= 15 is 0 Å². The third kappa shape index (κ3) is 4.44. The van der Waals surface area contributed by atoms with Crippen LogP contribution in [0.3, 0.4) is 0 Å². The summed E-state index contributed by atoms with van der Waals surface area (Å²) in [6.07, 6.45) is 1.98. The Balaban J connectivity index is 1.75. The van der Waals surface area contributed by atoms with Crippen LogP contribution in [-0.4, -0.2) is 22.1 Å². The van der Waals surface area contributed by atoms with E-state index in [0.29, 0.717) is 28.9 Å². The number of benzene rings is 2. The van der Waals surface area contributed by atoms with Gasteiger partial charge in [-0.3, -0.25) is 14.2 Å². The summed E-state index contributed by atoms with van der Waals surface area (Å²) in [6.45, 7) is 2.31. The summed E-state index contributed by atoms with van der Waals surface area (Å²) < 4.78 is 6.50. The maximum Gasteiger partial charge on any atom is 0.329 e. The lowest BCUT2D eigenvalue weighted by Crippen LogP contribution is -2.38. The van der Waals surface area contributed by atoms with Gasteiger partial charge < -0.3 is 15.0 Å². The molecule has 0 bridgehead atoms. The van der Waals surface area contributed by atoms with Crippen LogP contribution < -0.4 is 21.3 Å². The summed E-state index contributed by atoms with van der Waals surface area (Å²) >= 11 is 0. The topological polar surface area (TPSA) is 93.2 Å². The van der Waals surface area contributed by atoms with Crippen LogP contribution in [0.4, 0.5) is 5.69 Å². The van der Waals surface area contributed by atoms with Gasteiger partial charge >= 0.3 is 5.69 Å². The van der Waals surface area contributed by atoms with Gasteiger partial charge in [0.25, 0.3) is 5.56 Å². The lowest BCUT2D eigenvalue weighted by atomic mass is 10.2. The average Bonchev–Trinajstić information content (AvgIpc) is 2.66. The van der Waals surface area contributed by atoms with Gasteiger partial charge in [0, 0.05) is 11.8 Å². The third-order valence-electron chi connectivity index (χ3n) is 4.08. The van der Waals surface area contributed by atoms with Gasteiger partial charge in [0.15, 0.2) is 0 Å². The minimum atomic E-state index is -0.620. The quantitative estimate of drug-likeness (QED) is 0.628. The van der Waals surface area contributed by atoms with Crippen molar-refractivity contribution in [1.82, 2.24) is 9.55 Å². The zero-order valence-corrected chi connectivity index (χ0v) is 15.0. The Kier molecular flexibility index (Phi) is 5.71. The van der Waals surface area contributed by atoms with Crippen LogP contribution in [0.1, 0.15) is 19.8 Å². The summed E-state index contributed by atoms with van der Waals surface area (Å²) in [5.41, 5.74) is -0.132. The maximum absolute atomic E-state index is 12.5. The molecule has 2 N–H and O–H groups in total. The number of carbonyl (C=O) groups is 1. The molecule has 1 heterocycles. The van der Waals surface area contributed by atoms with E-state index in [1.165, 1.54) is 0 Å². The van der Waals surface area contributed by atoms with Gasteiger partial charge in [0.05, 0.1) is 17.5 Å². The molecule has 0 spiro atoms. The van der Waals surface area contributed by atoms with Gasteiger partial charge in [-0.1, -0.05) is 31.5 Å². The maximum atomic E-state index is 12.5. The second kappa shape index (κ2) is 8.35. The Labute approximate surface area is 155 Å². The van der Waals surface area contributed by atoms with Gasteiger partial charge in [-0.25, -0.2) is 4.79 Å². The molecule has 7 nitrogen and oxygen atoms in total. The number of carbonyl (C=O) groups excluding carboxylic acids is 1. The molecule has 0 aliphatic carbocycles. The summed E-state index contributed by atoms with van der Waals surface area (Å²) in [7, 11) is 0. The van der Waals surface area contributed by atoms with Crippen molar-refractivity contribution in [2.75, 3.05) is 11.9 Å². The summed E-state index contributed by atoms with van der Waals surface area (Å²) in [5.74, 6) is 0.186. The van der Waals surface area contributed by atoms with E-state index < -0.39 is 17.2 Å². The third-order valence-corrected chi connectivity index (χ3v) is 4.08. The summed E-state index contributed by atoms with van der Waals surface area (Å²) in [5, 5.41) is 3.05. The van der Waals surface area contributed by atoms with E-state index in [9.17, 15) is 14.4 Å². The van der Waals surface area contributed by atoms with Crippen LogP contribution in [-0.2, 0) is 11.3 Å². The number of para-hydroxylation sites is 1. The molecule has 2 aromatic carbocycles. The Morgan fingerprint density at radius 3 is 2.78 bits per heavy atom. The molecule has 0 saturated heterocycles. The van der Waals surface area contributed by atoms with Crippen LogP contribution in [0, 0.1) is 0 Å². The number of aromatic amines is 1. The minimum Gasteiger partial charge on any atom is -0.494 e. The molecule has 0 unspecified atom stereocenters. The highest BCUT2D eigenvalue weighted by Crippen LogP contribution is 2.17. The van der Waals surface area contributed by atoms with Gasteiger partial charge in [0.2, 0.25) is 5.91 Å². The number of hydrogen-bond donors (Lipinski definition) is 2. The molecule has 0 radical (unpaired) electrons. The van der Waals surface area contributed by atoms with Gasteiger partial charge in [-0.2, -0.15) is 0 Å². The Morgan fingerprint density at radius 1 is 1.15 bits per heavy atom. The average molecular weight is 367 g/mol. The first-order valence-corrected chi connectivity index (χ1v) is 8.83. The molecule has 0 fully saturated rings. The molecule has 7 heteroatoms. The molecular formula is C20H21N3O4. The van der Waals surface area contributed by atoms with Gasteiger partial charge in [-0.05, 0) is 30.7 Å². The normalized spacial score (nSPS) is 10.7. The Bertz CT molecular complexity index is 1070. The number of amides is 1. The lowest BCUT2D eigenvalue weighted by Gasteiger charge is -2.10. The zero-order valence-electron chi connectivity index (χ0n) is 15.0. The van der Waals surface area contributed by atoms with Crippen molar-refractivity contribution in [2.45, 2.75) is 26.3 Å². The van der Waals surface area contributed by atoms with Gasteiger partial charge in [0.1, 0.15) is 12.3 Å². The molecule has 0 aliphatic heterocycles. The lowest BCUT2D eigenvalue weighted by molar-refractivity contribution is -0.116. The van der Waals surface area contributed by atoms with Crippen LogP contribution in [0.2, 0.25) is 0 Å². The Morgan fingerprint density at radius 2 is 1.96 bits per heavy atom. The summed E-state index contributed by atoms with van der Waals surface area (Å²) in [4.78, 5) is 39.6. The monoisotopic (exact) mass is 367 g/mol. The van der Waals surface area contributed by atoms with Crippen LogP contribution in [0.5, 0.6) is 5.75 Å². The standard InChI is InChI=1S/C20H21N3O4/c1-2-3-11-27-15-8-6-7-14(12-15)21-18(24)13-23-19(25)16-9-4-5-10-17(16)22-20(23)26/h4-10,12H,2-3,11,13H2,1H3,(H,21,24)(H,22,26). The van der Waals surface area contributed by atoms with Crippen molar-refractivity contribution < 1.29 is 9.53 Å². The predicted molar refractivity (Wildman–Crippen MR) is 104 cm³/mol. The zero-order chi connectivity index (χ0) is 19.2. The van der Waals surface area contributed by atoms with E-state index in [4.69, 9.17) is 4.74 Å². The predicted octanol–water partition coefficient (Wildman–Crippen LogP) is 2.51. The SMILES string of the molecule is CCCCOc1cccc(NC(=O)Cn2c(=O)[nH]c3ccccc3c2=O)c1. The van der Waals surface area contributed by atoms with E-state index in [1.807, 2.05) is 6.07 Å². The first-order chi connectivity index (χ1) is 13.1. The van der Waals surface area contributed by atoms with Crippen molar-refractivity contribution >= 4 is 22.5 Å². The second-order valence-corrected chi connectivity index (χ2v) is 6.15. The smallest absolute Gasteiger partial charge is 0.329 e. The molecule has 140 valence electrons. The van der Waals surface area contributed by atoms with E-state index in [0.717, 1.165) is 17.4 Å². The second-order valence-electron chi connectivity index (χ2n) is 6.15. The Hall–Kier alpha value is -3.35. The van der Waals surface area contributed by atoms with Crippen molar-refractivity contribution in [3.63, 3.8) is 0 Å². The minimum absolute atomic E-state index is 0.358. The number of fused-ring (bicyclic) bond motifs is 1. The van der Waals surface area contributed by atoms with Crippen molar-refractivity contribution in [2.24, 2.45) is 0 Å². The summed E-state index contributed by atoms with van der Waals surface area (Å²) in [6, 6.07) is 13.7. The number of anilines is 1. The highest BCUT2D eigenvalue weighted by molar-refractivity contribution is 5.91. The number of nitrogens with one attached hydrogen (secondary N) is 2. The number of aromatic nitrogens is 2. The molecule has 27 heavy (non-hydrogen) atoms. The van der Waals surface area contributed by atoms with Crippen LogP contribution in [0.15, 0.2) is 58.1 Å². The number of nitrogens with zero attached hydrogens (tertiary/aromatic N) is 1. The van der Waals surface area contributed by atoms with E-state index in [1.54, 1.807) is 42.5 Å². The fourth-order valence-electron chi connectivity index (χ4n) is 2.68. The van der Waals surface area contributed by atoms with E-state index in [-0.39, 0.29) is 6.54 Å². The van der Waals surface area contributed by atoms with Crippen molar-refractivity contribution in [1.29, 1.82) is 0 Å². The number of H-pyrrole nitrogens is 1. The largest absolute Gasteiger partial charge is 0.494 e. The van der Waals surface area contributed by atoms with Crippen molar-refractivity contribution in [3.05, 3.63) is 69.4 Å². The fraction of sp³-hybridized carbons (Fsp3) is 0.250. The highest BCUT2D eigenvalue weighted by Gasteiger charge is 2.11. The van der Waals surface area contributed by atoms with Gasteiger partial charge in [-0.15, -0.1) is 0 Å². The molecule has 1 amide bonds. The molecule has 0 saturated carbocycles. The number of rotatable bonds is 7. The fourth-order valence-corrected chi connectivity index (χ4v) is 2.68. The molecule has 1 aromatic heterocycles. The molecule has 0 atom stereocenters. The molecule has 3 aromatic rings. The van der Waals surface area contributed by atoms with Crippen LogP contribution >= 0.6 is 0 Å². The number of hydrogen-bond acceptors (Lipinski definition) is 4. The molecule has 3 rings (SSSR count). The van der Waals surface area contributed by atoms with Crippen LogP contribution in [0.25, 0.3) is 10.9 Å².